The van der Waals surface area contributed by atoms with Gasteiger partial charge in [0.05, 0.1) is 27.6 Å². The maximum atomic E-state index is 13.4. The van der Waals surface area contributed by atoms with Gasteiger partial charge in [-0.15, -0.1) is 0 Å². The summed E-state index contributed by atoms with van der Waals surface area (Å²) in [6.07, 6.45) is -2.40. The van der Waals surface area contributed by atoms with Gasteiger partial charge in [0.25, 0.3) is 5.91 Å². The lowest BCUT2D eigenvalue weighted by molar-refractivity contribution is -0.0950. The molecule has 1 amide bonds. The molecule has 1 fully saturated rings. The molecule has 2 heterocycles. The summed E-state index contributed by atoms with van der Waals surface area (Å²) >= 11 is 6.50. The zero-order chi connectivity index (χ0) is 30.9. The van der Waals surface area contributed by atoms with Crippen LogP contribution in [0.15, 0.2) is 12.3 Å². The van der Waals surface area contributed by atoms with Gasteiger partial charge in [-0.2, -0.15) is 13.9 Å². The normalized spacial score (nSPS) is 21.9. The van der Waals surface area contributed by atoms with Gasteiger partial charge in [0.15, 0.2) is 5.69 Å². The minimum Gasteiger partial charge on any atom is -0.434 e. The van der Waals surface area contributed by atoms with Crippen molar-refractivity contribution in [1.82, 2.24) is 20.1 Å². The number of ether oxygens (including phenoxy) is 1. The summed E-state index contributed by atoms with van der Waals surface area (Å²) in [6, 6.07) is 1.11. The van der Waals surface area contributed by atoms with Crippen molar-refractivity contribution in [3.05, 3.63) is 28.7 Å². The Balaban J connectivity index is 1.90. The van der Waals surface area contributed by atoms with E-state index in [9.17, 15) is 41.0 Å². The number of carbonyl (C=O) groups is 1. The third-order valence-electron chi connectivity index (χ3n) is 7.20. The summed E-state index contributed by atoms with van der Waals surface area (Å²) in [5.41, 5.74) is -3.60. The van der Waals surface area contributed by atoms with Gasteiger partial charge in [0.1, 0.15) is 21.2 Å². The van der Waals surface area contributed by atoms with E-state index in [1.807, 2.05) is 0 Å². The summed E-state index contributed by atoms with van der Waals surface area (Å²) in [5.74, 6) is -1.26. The number of carbonyl (C=O) groups excluding carboxylic acids is 1. The summed E-state index contributed by atoms with van der Waals surface area (Å²) in [6.45, 7) is 0.685. The van der Waals surface area contributed by atoms with Gasteiger partial charge in [-0.3, -0.25) is 14.5 Å². The minimum absolute atomic E-state index is 0.00884. The molecular weight excluding hydrogens is 596 g/mol. The topological polar surface area (TPSA) is 144 Å². The van der Waals surface area contributed by atoms with Gasteiger partial charge in [0, 0.05) is 49.1 Å². The quantitative estimate of drug-likeness (QED) is 0.321. The molecule has 3 atom stereocenters. The summed E-state index contributed by atoms with van der Waals surface area (Å²) in [7, 11) is -3.43. The number of amides is 1. The van der Waals surface area contributed by atoms with E-state index in [4.69, 9.17) is 11.6 Å². The molecule has 1 unspecified atom stereocenters. The van der Waals surface area contributed by atoms with E-state index in [0.29, 0.717) is 0 Å². The highest BCUT2D eigenvalue weighted by molar-refractivity contribution is 7.91. The average Bonchev–Trinajstić information content (AvgIpc) is 3.19. The van der Waals surface area contributed by atoms with Gasteiger partial charge in [-0.1, -0.05) is 25.4 Å². The third kappa shape index (κ3) is 7.48. The van der Waals surface area contributed by atoms with Crippen LogP contribution in [0.1, 0.15) is 56.2 Å². The Bertz CT molecular complexity index is 1370. The lowest BCUT2D eigenvalue weighted by atomic mass is 9.82. The highest BCUT2D eigenvalue weighted by Crippen LogP contribution is 2.39. The number of aliphatic hydroxyl groups is 2. The van der Waals surface area contributed by atoms with Crippen molar-refractivity contribution in [1.29, 1.82) is 0 Å². The van der Waals surface area contributed by atoms with E-state index in [1.165, 1.54) is 18.5 Å². The van der Waals surface area contributed by atoms with Crippen molar-refractivity contribution < 1.29 is 45.7 Å². The molecule has 41 heavy (non-hydrogen) atoms. The molecule has 3 N–H and O–H groups in total. The number of hydrogen-bond donors (Lipinski definition) is 3. The van der Waals surface area contributed by atoms with Gasteiger partial charge in [0.2, 0.25) is 6.43 Å². The predicted molar refractivity (Wildman–Crippen MR) is 142 cm³/mol. The second kappa shape index (κ2) is 12.4. The van der Waals surface area contributed by atoms with E-state index in [1.54, 1.807) is 6.92 Å². The zero-order valence-corrected chi connectivity index (χ0v) is 24.4. The number of hydrogen-bond acceptors (Lipinski definition) is 8. The molecule has 0 aliphatic heterocycles. The Hall–Kier alpha value is -2.49. The number of aryl methyl sites for hydroxylation is 1. The Morgan fingerprint density at radius 3 is 2.54 bits per heavy atom. The summed E-state index contributed by atoms with van der Waals surface area (Å²) in [5, 5.41) is 26.8. The highest BCUT2D eigenvalue weighted by atomic mass is 35.5. The number of halogens is 5. The fourth-order valence-corrected chi connectivity index (χ4v) is 6.04. The molecule has 2 aromatic heterocycles. The first-order chi connectivity index (χ1) is 18.9. The Morgan fingerprint density at radius 1 is 1.34 bits per heavy atom. The van der Waals surface area contributed by atoms with Crippen LogP contribution in [0.25, 0.3) is 11.3 Å². The Kier molecular flexibility index (Phi) is 9.98. The molecule has 0 radical (unpaired) electrons. The SMILES string of the molecule is CCn1nc(C(=O)NC[C@@]2(O)CCC(S(C)(=O)=O)C[C@@H]2O)c(Cl)c1-c1cnc(CC(C)(C)C(F)F)cc1OC(F)F. The second-order valence-electron chi connectivity index (χ2n) is 10.9. The van der Waals surface area contributed by atoms with E-state index < -0.39 is 63.4 Å². The summed E-state index contributed by atoms with van der Waals surface area (Å²) < 4.78 is 82.9. The standard InChI is InChI=1S/C25H33ClF4N4O6S/c1-5-34-20(15-11-31-13(8-16(15)40-23(29)30)10-24(2,3)22(27)28)18(26)19(33-34)21(36)32-12-25(37)7-6-14(9-17(25)35)41(4,38)39/h8,11,14,17,22-23,35,37H,5-7,9-10,12H2,1-4H3,(H,32,36)/t14?,17-,25-/m0/s1. The van der Waals surface area contributed by atoms with Crippen LogP contribution in [0.5, 0.6) is 5.75 Å². The van der Waals surface area contributed by atoms with Gasteiger partial charge >= 0.3 is 6.61 Å². The van der Waals surface area contributed by atoms with Gasteiger partial charge in [-0.05, 0) is 26.2 Å². The van der Waals surface area contributed by atoms with Crippen molar-refractivity contribution in [3.63, 3.8) is 0 Å². The molecule has 1 aliphatic carbocycles. The van der Waals surface area contributed by atoms with E-state index in [2.05, 4.69) is 20.1 Å². The van der Waals surface area contributed by atoms with Crippen LogP contribution < -0.4 is 10.1 Å². The monoisotopic (exact) mass is 628 g/mol. The van der Waals surface area contributed by atoms with E-state index in [-0.39, 0.29) is 59.9 Å². The van der Waals surface area contributed by atoms with Crippen LogP contribution in [0.3, 0.4) is 0 Å². The lowest BCUT2D eigenvalue weighted by Crippen LogP contribution is -2.56. The number of nitrogens with zero attached hydrogens (tertiary/aromatic N) is 3. The zero-order valence-electron chi connectivity index (χ0n) is 22.9. The first-order valence-corrected chi connectivity index (χ1v) is 15.1. The van der Waals surface area contributed by atoms with Crippen LogP contribution in [0.4, 0.5) is 17.6 Å². The second-order valence-corrected chi connectivity index (χ2v) is 13.6. The van der Waals surface area contributed by atoms with Crippen molar-refractivity contribution in [2.75, 3.05) is 12.8 Å². The molecule has 0 bridgehead atoms. The lowest BCUT2D eigenvalue weighted by Gasteiger charge is -2.39. The third-order valence-corrected chi connectivity index (χ3v) is 9.19. The molecule has 16 heteroatoms. The molecule has 10 nitrogen and oxygen atoms in total. The van der Waals surface area contributed by atoms with Crippen molar-refractivity contribution in [2.45, 2.75) is 83.0 Å². The van der Waals surface area contributed by atoms with Crippen LogP contribution in [0, 0.1) is 5.41 Å². The highest BCUT2D eigenvalue weighted by Gasteiger charge is 2.44. The maximum absolute atomic E-state index is 13.4. The molecule has 0 aromatic carbocycles. The predicted octanol–water partition coefficient (Wildman–Crippen LogP) is 3.47. The molecule has 1 aliphatic rings. The van der Waals surface area contributed by atoms with E-state index >= 15 is 0 Å². The van der Waals surface area contributed by atoms with Crippen LogP contribution in [-0.4, -0.2) is 82.1 Å². The molecular formula is C25H33ClF4N4O6S. The molecule has 0 spiro atoms. The molecule has 2 aromatic rings. The fraction of sp³-hybridized carbons (Fsp3) is 0.640. The number of alkyl halides is 4. The summed E-state index contributed by atoms with van der Waals surface area (Å²) in [4.78, 5) is 17.2. The number of rotatable bonds is 11. The maximum Gasteiger partial charge on any atom is 0.387 e. The van der Waals surface area contributed by atoms with Gasteiger partial charge < -0.3 is 20.3 Å². The van der Waals surface area contributed by atoms with E-state index in [0.717, 1.165) is 18.5 Å². The van der Waals surface area contributed by atoms with Gasteiger partial charge in [-0.25, -0.2) is 17.2 Å². The number of nitrogens with one attached hydrogen (secondary N) is 1. The van der Waals surface area contributed by atoms with Crippen molar-refractivity contribution >= 4 is 27.3 Å². The Labute approximate surface area is 240 Å². The molecule has 3 rings (SSSR count). The molecule has 1 saturated carbocycles. The van der Waals surface area contributed by atoms with Crippen molar-refractivity contribution in [3.8, 4) is 17.0 Å². The molecule has 0 saturated heterocycles. The minimum atomic E-state index is -3.43. The smallest absolute Gasteiger partial charge is 0.387 e. The number of aromatic nitrogens is 3. The largest absolute Gasteiger partial charge is 0.434 e. The first kappa shape index (κ1) is 33.0. The number of sulfone groups is 1. The first-order valence-electron chi connectivity index (χ1n) is 12.8. The van der Waals surface area contributed by atoms with Crippen molar-refractivity contribution in [2.24, 2.45) is 5.41 Å². The average molecular weight is 629 g/mol. The van der Waals surface area contributed by atoms with Crippen LogP contribution in [0.2, 0.25) is 5.02 Å². The molecule has 230 valence electrons. The van der Waals surface area contributed by atoms with Crippen LogP contribution >= 0.6 is 11.6 Å². The van der Waals surface area contributed by atoms with Crippen LogP contribution in [-0.2, 0) is 22.8 Å². The Morgan fingerprint density at radius 2 is 2.00 bits per heavy atom. The number of pyridine rings is 1. The fourth-order valence-electron chi connectivity index (χ4n) is 4.64. The number of aliphatic hydroxyl groups excluding tert-OH is 1.